The molecule has 1 heterocycles. The van der Waals surface area contributed by atoms with E-state index in [1.807, 2.05) is 0 Å². The monoisotopic (exact) mass is 294 g/mol. The Morgan fingerprint density at radius 2 is 2.10 bits per heavy atom. The Kier molecular flexibility index (Phi) is 3.76. The highest BCUT2D eigenvalue weighted by Crippen LogP contribution is 2.31. The predicted molar refractivity (Wildman–Crippen MR) is 68.7 cm³/mol. The van der Waals surface area contributed by atoms with Crippen molar-refractivity contribution < 1.29 is 14.5 Å². The number of benzene rings is 1. The second-order valence-electron chi connectivity index (χ2n) is 3.55. The van der Waals surface area contributed by atoms with E-state index in [-0.39, 0.29) is 22.5 Å². The number of nitrogens with zero attached hydrogens (tertiary/aromatic N) is 3. The van der Waals surface area contributed by atoms with E-state index in [1.165, 1.54) is 12.1 Å². The van der Waals surface area contributed by atoms with Gasteiger partial charge in [-0.2, -0.15) is 4.98 Å². The second-order valence-corrected chi connectivity index (χ2v) is 3.89. The molecule has 0 atom stereocenters. The number of halogens is 1. The number of ether oxygens (including phenoxy) is 1. The Morgan fingerprint density at radius 3 is 2.75 bits per heavy atom. The van der Waals surface area contributed by atoms with Crippen LogP contribution < -0.4 is 10.5 Å². The van der Waals surface area contributed by atoms with Crippen molar-refractivity contribution in [3.05, 3.63) is 51.4 Å². The van der Waals surface area contributed by atoms with Crippen molar-refractivity contribution in [3.8, 4) is 11.6 Å². The van der Waals surface area contributed by atoms with Crippen LogP contribution in [0.15, 0.2) is 30.5 Å². The quantitative estimate of drug-likeness (QED) is 0.522. The lowest BCUT2D eigenvalue weighted by molar-refractivity contribution is -0.386. The van der Waals surface area contributed by atoms with Crippen LogP contribution in [0, 0.1) is 10.1 Å². The minimum absolute atomic E-state index is 0.0397. The van der Waals surface area contributed by atoms with Crippen LogP contribution in [0.5, 0.6) is 11.6 Å². The van der Waals surface area contributed by atoms with Gasteiger partial charge in [0, 0.05) is 0 Å². The molecule has 0 saturated carbocycles. The summed E-state index contributed by atoms with van der Waals surface area (Å²) in [5.41, 5.74) is 4.77. The van der Waals surface area contributed by atoms with Gasteiger partial charge in [-0.05, 0) is 23.7 Å². The molecule has 0 spiro atoms. The molecule has 0 radical (unpaired) electrons. The van der Waals surface area contributed by atoms with Crippen molar-refractivity contribution in [2.45, 2.75) is 0 Å². The summed E-state index contributed by atoms with van der Waals surface area (Å²) in [5.74, 6) is -1.06. The van der Waals surface area contributed by atoms with E-state index in [0.717, 1.165) is 6.20 Å². The molecule has 8 nitrogen and oxygen atoms in total. The van der Waals surface area contributed by atoms with Crippen molar-refractivity contribution in [1.29, 1.82) is 0 Å². The molecule has 20 heavy (non-hydrogen) atoms. The molecule has 0 aliphatic rings. The predicted octanol–water partition coefficient (Wildman–Crippen LogP) is 1.93. The molecule has 0 bridgehead atoms. The Balaban J connectivity index is 2.47. The van der Waals surface area contributed by atoms with Crippen molar-refractivity contribution in [2.75, 3.05) is 0 Å². The Morgan fingerprint density at radius 1 is 1.40 bits per heavy atom. The molecule has 0 fully saturated rings. The third-order valence-corrected chi connectivity index (χ3v) is 2.44. The van der Waals surface area contributed by atoms with Crippen LogP contribution in [-0.2, 0) is 0 Å². The average molecular weight is 295 g/mol. The van der Waals surface area contributed by atoms with Gasteiger partial charge in [0.25, 0.3) is 5.91 Å². The van der Waals surface area contributed by atoms with Crippen LogP contribution in [0.25, 0.3) is 0 Å². The molecule has 0 saturated heterocycles. The number of aromatic nitrogens is 2. The lowest BCUT2D eigenvalue weighted by Gasteiger charge is -2.08. The molecule has 102 valence electrons. The summed E-state index contributed by atoms with van der Waals surface area (Å²) in [6, 6.07) is 6.01. The number of primary amides is 1. The number of nitrogens with two attached hydrogens (primary N) is 1. The summed E-state index contributed by atoms with van der Waals surface area (Å²) >= 11 is 5.57. The van der Waals surface area contributed by atoms with Gasteiger partial charge in [-0.15, -0.1) is 0 Å². The van der Waals surface area contributed by atoms with Crippen LogP contribution in [-0.4, -0.2) is 20.8 Å². The van der Waals surface area contributed by atoms with E-state index in [1.54, 1.807) is 12.1 Å². The molecule has 0 unspecified atom stereocenters. The summed E-state index contributed by atoms with van der Waals surface area (Å²) in [7, 11) is 0. The number of amides is 1. The second kappa shape index (κ2) is 5.49. The zero-order valence-corrected chi connectivity index (χ0v) is 10.6. The number of hydrogen-bond acceptors (Lipinski definition) is 6. The summed E-state index contributed by atoms with van der Waals surface area (Å²) in [6.45, 7) is 0. The minimum atomic E-state index is -0.733. The Hall–Kier alpha value is -2.74. The fourth-order valence-electron chi connectivity index (χ4n) is 1.40. The molecule has 0 aliphatic carbocycles. The maximum atomic E-state index is 11.2. The molecular formula is C11H7ClN4O4. The number of hydrogen-bond donors (Lipinski definition) is 1. The molecule has 2 aromatic rings. The largest absolute Gasteiger partial charge is 0.433 e. The van der Waals surface area contributed by atoms with E-state index in [9.17, 15) is 14.9 Å². The van der Waals surface area contributed by atoms with Gasteiger partial charge in [0.1, 0.15) is 11.9 Å². The van der Waals surface area contributed by atoms with Crippen LogP contribution >= 0.6 is 11.6 Å². The summed E-state index contributed by atoms with van der Waals surface area (Å²) in [4.78, 5) is 28.5. The molecule has 1 aromatic carbocycles. The van der Waals surface area contributed by atoms with E-state index in [0.29, 0.717) is 0 Å². The standard InChI is InChI=1S/C11H7ClN4O4/c12-11-14-5-7(16(18)19)10(15-11)20-8-4-2-1-3-6(8)9(13)17/h1-5H,(H2,13,17). The van der Waals surface area contributed by atoms with Crippen molar-refractivity contribution in [3.63, 3.8) is 0 Å². The van der Waals surface area contributed by atoms with Gasteiger partial charge in [0.2, 0.25) is 5.28 Å². The minimum Gasteiger partial charge on any atom is -0.433 e. The molecule has 1 aromatic heterocycles. The van der Waals surface area contributed by atoms with Gasteiger partial charge in [-0.3, -0.25) is 14.9 Å². The molecule has 0 aliphatic heterocycles. The number of carbonyl (C=O) groups excluding carboxylic acids is 1. The van der Waals surface area contributed by atoms with Crippen LogP contribution in [0.4, 0.5) is 5.69 Å². The molecular weight excluding hydrogens is 288 g/mol. The first-order chi connectivity index (χ1) is 9.49. The number of rotatable bonds is 4. The maximum absolute atomic E-state index is 11.2. The van der Waals surface area contributed by atoms with Crippen molar-refractivity contribution in [2.24, 2.45) is 5.73 Å². The highest BCUT2D eigenvalue weighted by molar-refractivity contribution is 6.28. The highest BCUT2D eigenvalue weighted by atomic mass is 35.5. The average Bonchev–Trinajstić information content (AvgIpc) is 2.38. The Labute approximate surface area is 117 Å². The van der Waals surface area contributed by atoms with Gasteiger partial charge < -0.3 is 10.5 Å². The maximum Gasteiger partial charge on any atom is 0.349 e. The van der Waals surface area contributed by atoms with Gasteiger partial charge >= 0.3 is 11.6 Å². The molecule has 2 N–H and O–H groups in total. The first-order valence-corrected chi connectivity index (χ1v) is 5.60. The van der Waals surface area contributed by atoms with Gasteiger partial charge in [-0.1, -0.05) is 12.1 Å². The first kappa shape index (κ1) is 13.7. The Bertz CT molecular complexity index is 692. The first-order valence-electron chi connectivity index (χ1n) is 5.22. The van der Waals surface area contributed by atoms with Crippen LogP contribution in [0.2, 0.25) is 5.28 Å². The smallest absolute Gasteiger partial charge is 0.349 e. The lowest BCUT2D eigenvalue weighted by Crippen LogP contribution is -2.12. The number of carbonyl (C=O) groups is 1. The van der Waals surface area contributed by atoms with Crippen molar-refractivity contribution in [1.82, 2.24) is 9.97 Å². The lowest BCUT2D eigenvalue weighted by atomic mass is 10.2. The van der Waals surface area contributed by atoms with Gasteiger partial charge in [-0.25, -0.2) is 4.98 Å². The summed E-state index contributed by atoms with van der Waals surface area (Å²) in [5, 5.41) is 10.6. The fraction of sp³-hybridized carbons (Fsp3) is 0. The molecule has 1 amide bonds. The van der Waals surface area contributed by atoms with E-state index in [2.05, 4.69) is 9.97 Å². The third-order valence-electron chi connectivity index (χ3n) is 2.26. The number of para-hydroxylation sites is 1. The van der Waals surface area contributed by atoms with Crippen LogP contribution in [0.3, 0.4) is 0 Å². The fourth-order valence-corrected chi connectivity index (χ4v) is 1.53. The number of nitro groups is 1. The zero-order valence-electron chi connectivity index (χ0n) is 9.82. The SMILES string of the molecule is NC(=O)c1ccccc1Oc1nc(Cl)ncc1[N+](=O)[O-]. The normalized spacial score (nSPS) is 10.1. The zero-order chi connectivity index (χ0) is 14.7. The summed E-state index contributed by atoms with van der Waals surface area (Å²) < 4.78 is 5.27. The van der Waals surface area contributed by atoms with E-state index >= 15 is 0 Å². The summed E-state index contributed by atoms with van der Waals surface area (Å²) in [6.07, 6.45) is 0.914. The van der Waals surface area contributed by atoms with Gasteiger partial charge in [0.15, 0.2) is 0 Å². The molecule has 9 heteroatoms. The highest BCUT2D eigenvalue weighted by Gasteiger charge is 2.21. The van der Waals surface area contributed by atoms with E-state index in [4.69, 9.17) is 22.1 Å². The topological polar surface area (TPSA) is 121 Å². The van der Waals surface area contributed by atoms with E-state index < -0.39 is 16.5 Å². The van der Waals surface area contributed by atoms with Crippen LogP contribution in [0.1, 0.15) is 10.4 Å². The van der Waals surface area contributed by atoms with Gasteiger partial charge in [0.05, 0.1) is 10.5 Å². The molecule has 2 rings (SSSR count). The van der Waals surface area contributed by atoms with Crippen molar-refractivity contribution >= 4 is 23.2 Å². The third kappa shape index (κ3) is 2.81.